The molecule has 2 heterocycles. The number of nitrogens with one attached hydrogen (secondary N) is 1. The molecule has 2 saturated heterocycles. The van der Waals surface area contributed by atoms with Crippen molar-refractivity contribution in [2.75, 3.05) is 32.8 Å². The summed E-state index contributed by atoms with van der Waals surface area (Å²) in [6, 6.07) is 12.9. The summed E-state index contributed by atoms with van der Waals surface area (Å²) < 4.78 is 59.8. The Hall–Kier alpha value is -2.47. The number of hydrogen-bond acceptors (Lipinski definition) is 6. The van der Waals surface area contributed by atoms with Crippen molar-refractivity contribution in [1.82, 2.24) is 13.9 Å². The van der Waals surface area contributed by atoms with Gasteiger partial charge in [-0.05, 0) is 74.6 Å². The lowest BCUT2D eigenvalue weighted by atomic mass is 9.99. The minimum Gasteiger partial charge on any atom is -0.494 e. The first kappa shape index (κ1) is 26.6. The van der Waals surface area contributed by atoms with E-state index in [4.69, 9.17) is 4.74 Å². The lowest BCUT2D eigenvalue weighted by Gasteiger charge is -2.31. The van der Waals surface area contributed by atoms with Gasteiger partial charge >= 0.3 is 0 Å². The molecule has 0 spiro atoms. The smallest absolute Gasteiger partial charge is 0.243 e. The van der Waals surface area contributed by atoms with E-state index in [-0.39, 0.29) is 28.8 Å². The van der Waals surface area contributed by atoms with Gasteiger partial charge in [-0.25, -0.2) is 16.8 Å². The number of carbonyl (C=O) groups is 1. The Kier molecular flexibility index (Phi) is 8.34. The first-order valence-electron chi connectivity index (χ1n) is 12.3. The first-order chi connectivity index (χ1) is 17.2. The van der Waals surface area contributed by atoms with E-state index in [1.807, 2.05) is 6.92 Å². The van der Waals surface area contributed by atoms with Crippen LogP contribution in [0.15, 0.2) is 58.3 Å². The fourth-order valence-corrected chi connectivity index (χ4v) is 7.63. The normalized spacial score (nSPS) is 19.8. The van der Waals surface area contributed by atoms with Crippen LogP contribution in [0.2, 0.25) is 0 Å². The van der Waals surface area contributed by atoms with Crippen LogP contribution in [0.4, 0.5) is 0 Å². The van der Waals surface area contributed by atoms with Crippen LogP contribution >= 0.6 is 0 Å². The number of piperidine rings is 1. The number of sulfonamides is 2. The minimum atomic E-state index is -3.72. The second-order valence-electron chi connectivity index (χ2n) is 9.08. The maximum absolute atomic E-state index is 13.1. The van der Waals surface area contributed by atoms with Crippen molar-refractivity contribution in [2.45, 2.75) is 48.9 Å². The van der Waals surface area contributed by atoms with Crippen LogP contribution in [0.25, 0.3) is 0 Å². The molecule has 2 aliphatic rings. The van der Waals surface area contributed by atoms with Crippen LogP contribution in [-0.4, -0.2) is 64.1 Å². The monoisotopic (exact) mass is 535 g/mol. The molecule has 1 N–H and O–H groups in total. The summed E-state index contributed by atoms with van der Waals surface area (Å²) >= 11 is 0. The van der Waals surface area contributed by atoms with Crippen LogP contribution in [0.1, 0.15) is 38.2 Å². The van der Waals surface area contributed by atoms with E-state index < -0.39 is 26.0 Å². The summed E-state index contributed by atoms with van der Waals surface area (Å²) in [7, 11) is -7.19. The molecule has 1 unspecified atom stereocenters. The topological polar surface area (TPSA) is 113 Å². The average Bonchev–Trinajstić information content (AvgIpc) is 3.44. The van der Waals surface area contributed by atoms with Crippen molar-refractivity contribution < 1.29 is 26.4 Å². The van der Waals surface area contributed by atoms with Gasteiger partial charge in [0.15, 0.2) is 0 Å². The molecule has 1 amide bonds. The van der Waals surface area contributed by atoms with Gasteiger partial charge < -0.3 is 10.1 Å². The minimum absolute atomic E-state index is 0.119. The highest BCUT2D eigenvalue weighted by atomic mass is 32.2. The highest BCUT2D eigenvalue weighted by molar-refractivity contribution is 7.89. The van der Waals surface area contributed by atoms with Crippen molar-refractivity contribution >= 4 is 26.0 Å². The number of rotatable bonds is 9. The van der Waals surface area contributed by atoms with E-state index in [1.54, 1.807) is 36.4 Å². The number of amides is 1. The number of benzene rings is 2. The molecule has 0 aliphatic carbocycles. The van der Waals surface area contributed by atoms with E-state index in [2.05, 4.69) is 5.32 Å². The average molecular weight is 536 g/mol. The largest absolute Gasteiger partial charge is 0.494 e. The van der Waals surface area contributed by atoms with Gasteiger partial charge in [-0.1, -0.05) is 12.1 Å². The Morgan fingerprint density at radius 3 is 2.03 bits per heavy atom. The number of carbonyl (C=O) groups excluding carboxylic acids is 1. The fourth-order valence-electron chi connectivity index (χ4n) is 4.59. The summed E-state index contributed by atoms with van der Waals surface area (Å²) in [6.07, 6.45) is 2.96. The van der Waals surface area contributed by atoms with Crippen molar-refractivity contribution in [3.63, 3.8) is 0 Å². The lowest BCUT2D eigenvalue weighted by Crippen LogP contribution is -2.45. The zero-order valence-corrected chi connectivity index (χ0v) is 22.1. The molecule has 0 saturated carbocycles. The molecular weight excluding hydrogens is 502 g/mol. The Morgan fingerprint density at radius 2 is 1.42 bits per heavy atom. The molecule has 0 aromatic heterocycles. The molecule has 0 radical (unpaired) electrons. The Bertz CT molecular complexity index is 1260. The third-order valence-corrected chi connectivity index (χ3v) is 10.4. The number of nitrogens with zero attached hydrogens (tertiary/aromatic N) is 2. The first-order valence-corrected chi connectivity index (χ1v) is 15.2. The molecule has 4 rings (SSSR count). The second kappa shape index (κ2) is 11.3. The van der Waals surface area contributed by atoms with E-state index in [0.717, 1.165) is 18.4 Å². The molecule has 2 aromatic carbocycles. The van der Waals surface area contributed by atoms with E-state index in [0.29, 0.717) is 44.8 Å². The van der Waals surface area contributed by atoms with Crippen molar-refractivity contribution in [3.8, 4) is 5.75 Å². The molecule has 11 heteroatoms. The summed E-state index contributed by atoms with van der Waals surface area (Å²) in [5.41, 5.74) is 0.776. The van der Waals surface area contributed by atoms with Crippen molar-refractivity contribution in [1.29, 1.82) is 0 Å². The van der Waals surface area contributed by atoms with E-state index in [1.165, 1.54) is 20.7 Å². The van der Waals surface area contributed by atoms with Crippen LogP contribution in [0.5, 0.6) is 5.75 Å². The molecule has 1 atom stereocenters. The van der Waals surface area contributed by atoms with Crippen LogP contribution in [-0.2, 0) is 31.4 Å². The van der Waals surface area contributed by atoms with Gasteiger partial charge in [-0.2, -0.15) is 8.61 Å². The number of ether oxygens (including phenoxy) is 1. The maximum atomic E-state index is 13.1. The molecular formula is C25H33N3O6S2. The van der Waals surface area contributed by atoms with E-state index in [9.17, 15) is 21.6 Å². The summed E-state index contributed by atoms with van der Waals surface area (Å²) in [6.45, 7) is 4.18. The van der Waals surface area contributed by atoms with Gasteiger partial charge in [-0.15, -0.1) is 0 Å². The maximum Gasteiger partial charge on any atom is 0.243 e. The second-order valence-corrected chi connectivity index (χ2v) is 13.0. The quantitative estimate of drug-likeness (QED) is 0.528. The third kappa shape index (κ3) is 5.91. The van der Waals surface area contributed by atoms with Gasteiger partial charge in [0.25, 0.3) is 0 Å². The van der Waals surface area contributed by atoms with Crippen LogP contribution in [0, 0.1) is 5.92 Å². The highest BCUT2D eigenvalue weighted by Gasteiger charge is 2.33. The molecule has 9 nitrogen and oxygen atoms in total. The lowest BCUT2D eigenvalue weighted by molar-refractivity contribution is -0.126. The fraction of sp³-hybridized carbons (Fsp3) is 0.480. The van der Waals surface area contributed by atoms with Gasteiger partial charge in [0.05, 0.1) is 22.3 Å². The highest BCUT2D eigenvalue weighted by Crippen LogP contribution is 2.26. The SMILES string of the molecule is CCOc1ccc(S(=O)(=O)N2CCCC(C(=O)NCc3ccc(S(=O)(=O)N4CCCC4)cc3)C2)cc1. The van der Waals surface area contributed by atoms with Crippen LogP contribution in [0.3, 0.4) is 0 Å². The van der Waals surface area contributed by atoms with E-state index >= 15 is 0 Å². The van der Waals surface area contributed by atoms with Crippen LogP contribution < -0.4 is 10.1 Å². The van der Waals surface area contributed by atoms with Gasteiger partial charge in [0, 0.05) is 32.7 Å². The molecule has 0 bridgehead atoms. The summed E-state index contributed by atoms with van der Waals surface area (Å²) in [5, 5.41) is 2.88. The van der Waals surface area contributed by atoms with Crippen molar-refractivity contribution in [2.24, 2.45) is 5.92 Å². The predicted octanol–water partition coefficient (Wildman–Crippen LogP) is 2.59. The predicted molar refractivity (Wildman–Crippen MR) is 135 cm³/mol. The molecule has 2 aromatic rings. The summed E-state index contributed by atoms with van der Waals surface area (Å²) in [4.78, 5) is 13.3. The zero-order valence-electron chi connectivity index (χ0n) is 20.4. The molecule has 2 fully saturated rings. The Morgan fingerprint density at radius 1 is 0.861 bits per heavy atom. The van der Waals surface area contributed by atoms with Gasteiger partial charge in [0.2, 0.25) is 26.0 Å². The standard InChI is InChI=1S/C25H33N3O6S2/c1-2-34-22-9-13-24(14-10-22)36(32,33)28-17-5-6-21(19-28)25(29)26-18-20-7-11-23(12-8-20)35(30,31)27-15-3-4-16-27/h7-14,21H,2-6,15-19H2,1H3,(H,26,29). The van der Waals surface area contributed by atoms with Crippen molar-refractivity contribution in [3.05, 3.63) is 54.1 Å². The molecule has 36 heavy (non-hydrogen) atoms. The zero-order chi connectivity index (χ0) is 25.8. The van der Waals surface area contributed by atoms with Gasteiger partial charge in [0.1, 0.15) is 5.75 Å². The number of hydrogen-bond donors (Lipinski definition) is 1. The summed E-state index contributed by atoms with van der Waals surface area (Å²) in [5.74, 6) is -0.0598. The molecule has 196 valence electrons. The van der Waals surface area contributed by atoms with Gasteiger partial charge in [-0.3, -0.25) is 4.79 Å². The third-order valence-electron chi connectivity index (χ3n) is 6.62. The molecule has 2 aliphatic heterocycles. The Balaban J connectivity index is 1.34. The Labute approximate surface area is 213 Å².